The molecular weight excluding hydrogens is 424 g/mol. The molecule has 1 heterocycles. The monoisotopic (exact) mass is 448 g/mol. The van der Waals surface area contributed by atoms with Crippen LogP contribution >= 0.6 is 0 Å². The van der Waals surface area contributed by atoms with Crippen LogP contribution < -0.4 is 19.5 Å². The Bertz CT molecular complexity index is 1200. The van der Waals surface area contributed by atoms with Crippen LogP contribution in [-0.4, -0.2) is 23.5 Å². The Morgan fingerprint density at radius 2 is 1.88 bits per heavy atom. The normalized spacial score (nSPS) is 13.5. The van der Waals surface area contributed by atoms with Crippen molar-refractivity contribution in [1.82, 2.24) is 0 Å². The standard InChI is InChI=1S/C25H24N2O6/c1-25(2)14-18-5-4-6-21(23(18)33-25)32-15-16-7-9-17(10-8-16)24(28)26-20-12-11-19(27(29)30)13-22(20)31-3/h4-13H,14-15H2,1-3H3,(H,26,28). The molecule has 3 aromatic rings. The molecule has 0 unspecified atom stereocenters. The Hall–Kier alpha value is -4.07. The van der Waals surface area contributed by atoms with Crippen molar-refractivity contribution in [2.45, 2.75) is 32.5 Å². The number of carbonyl (C=O) groups excluding carboxylic acids is 1. The molecule has 1 aliphatic rings. The molecule has 0 fully saturated rings. The summed E-state index contributed by atoms with van der Waals surface area (Å²) in [5.41, 5.74) is 2.45. The maximum absolute atomic E-state index is 12.6. The molecule has 1 amide bonds. The van der Waals surface area contributed by atoms with Crippen LogP contribution in [0.15, 0.2) is 60.7 Å². The van der Waals surface area contributed by atoms with E-state index in [9.17, 15) is 14.9 Å². The molecule has 0 aromatic heterocycles. The number of methoxy groups -OCH3 is 1. The van der Waals surface area contributed by atoms with Crippen molar-refractivity contribution in [2.24, 2.45) is 0 Å². The zero-order valence-electron chi connectivity index (χ0n) is 18.6. The van der Waals surface area contributed by atoms with E-state index in [-0.39, 0.29) is 22.9 Å². The largest absolute Gasteiger partial charge is 0.494 e. The summed E-state index contributed by atoms with van der Waals surface area (Å²) in [4.78, 5) is 23.0. The molecule has 3 aromatic carbocycles. The molecular formula is C25H24N2O6. The first-order chi connectivity index (χ1) is 15.8. The van der Waals surface area contributed by atoms with Gasteiger partial charge < -0.3 is 19.5 Å². The number of carbonyl (C=O) groups is 1. The third kappa shape index (κ3) is 4.90. The predicted molar refractivity (Wildman–Crippen MR) is 123 cm³/mol. The van der Waals surface area contributed by atoms with E-state index >= 15 is 0 Å². The Morgan fingerprint density at radius 3 is 2.58 bits per heavy atom. The van der Waals surface area contributed by atoms with Gasteiger partial charge in [-0.05, 0) is 43.7 Å². The number of benzene rings is 3. The fraction of sp³-hybridized carbons (Fsp3) is 0.240. The lowest BCUT2D eigenvalue weighted by Crippen LogP contribution is -2.24. The van der Waals surface area contributed by atoms with Crippen molar-refractivity contribution in [3.63, 3.8) is 0 Å². The summed E-state index contributed by atoms with van der Waals surface area (Å²) < 4.78 is 17.2. The lowest BCUT2D eigenvalue weighted by atomic mass is 10.0. The maximum atomic E-state index is 12.6. The average molecular weight is 448 g/mol. The fourth-order valence-corrected chi connectivity index (χ4v) is 3.71. The second-order valence-corrected chi connectivity index (χ2v) is 8.36. The van der Waals surface area contributed by atoms with E-state index in [1.165, 1.54) is 25.3 Å². The molecule has 0 saturated heterocycles. The fourth-order valence-electron chi connectivity index (χ4n) is 3.71. The van der Waals surface area contributed by atoms with Crippen molar-refractivity contribution >= 4 is 17.3 Å². The van der Waals surface area contributed by atoms with Crippen LogP contribution in [0.5, 0.6) is 17.2 Å². The van der Waals surface area contributed by atoms with Gasteiger partial charge in [0.25, 0.3) is 11.6 Å². The molecule has 0 radical (unpaired) electrons. The first kappa shape index (κ1) is 22.1. The summed E-state index contributed by atoms with van der Waals surface area (Å²) in [6.45, 7) is 4.43. The molecule has 0 atom stereocenters. The molecule has 4 rings (SSSR count). The maximum Gasteiger partial charge on any atom is 0.273 e. The molecule has 1 aliphatic heterocycles. The van der Waals surface area contributed by atoms with Gasteiger partial charge in [-0.1, -0.05) is 24.3 Å². The number of hydrogen-bond donors (Lipinski definition) is 1. The van der Waals surface area contributed by atoms with Crippen LogP contribution in [0.1, 0.15) is 35.3 Å². The molecule has 8 heteroatoms. The van der Waals surface area contributed by atoms with Crippen molar-refractivity contribution in [1.29, 1.82) is 0 Å². The number of ether oxygens (including phenoxy) is 3. The number of para-hydroxylation sites is 1. The van der Waals surface area contributed by atoms with E-state index in [0.29, 0.717) is 23.6 Å². The molecule has 8 nitrogen and oxygen atoms in total. The van der Waals surface area contributed by atoms with Gasteiger partial charge in [-0.25, -0.2) is 0 Å². The smallest absolute Gasteiger partial charge is 0.273 e. The second kappa shape index (κ2) is 8.82. The first-order valence-electron chi connectivity index (χ1n) is 10.4. The van der Waals surface area contributed by atoms with Gasteiger partial charge in [0.05, 0.1) is 23.8 Å². The lowest BCUT2D eigenvalue weighted by molar-refractivity contribution is -0.384. The van der Waals surface area contributed by atoms with E-state index in [0.717, 1.165) is 23.3 Å². The number of amides is 1. The number of anilines is 1. The van der Waals surface area contributed by atoms with Crippen molar-refractivity contribution in [3.05, 3.63) is 87.5 Å². The van der Waals surface area contributed by atoms with Crippen molar-refractivity contribution in [2.75, 3.05) is 12.4 Å². The SMILES string of the molecule is COc1cc([N+](=O)[O-])ccc1NC(=O)c1ccc(COc2cccc3c2OC(C)(C)C3)cc1. The number of nitrogens with zero attached hydrogens (tertiary/aromatic N) is 1. The minimum absolute atomic E-state index is 0.118. The number of non-ortho nitro benzene ring substituents is 1. The number of nitro groups is 1. The number of hydrogen-bond acceptors (Lipinski definition) is 6. The number of nitrogens with one attached hydrogen (secondary N) is 1. The zero-order valence-corrected chi connectivity index (χ0v) is 18.6. The van der Waals surface area contributed by atoms with Gasteiger partial charge in [-0.15, -0.1) is 0 Å². The minimum Gasteiger partial charge on any atom is -0.494 e. The Morgan fingerprint density at radius 1 is 1.12 bits per heavy atom. The van der Waals surface area contributed by atoms with Crippen LogP contribution in [0.25, 0.3) is 0 Å². The Balaban J connectivity index is 1.41. The third-order valence-corrected chi connectivity index (χ3v) is 5.31. The molecule has 0 saturated carbocycles. The summed E-state index contributed by atoms with van der Waals surface area (Å²) in [7, 11) is 1.39. The van der Waals surface area contributed by atoms with E-state index in [1.54, 1.807) is 12.1 Å². The highest BCUT2D eigenvalue weighted by atomic mass is 16.6. The summed E-state index contributed by atoms with van der Waals surface area (Å²) in [6, 6.07) is 16.9. The average Bonchev–Trinajstić information content (AvgIpc) is 3.12. The van der Waals surface area contributed by atoms with Gasteiger partial charge >= 0.3 is 0 Å². The van der Waals surface area contributed by atoms with Crippen LogP contribution in [0.4, 0.5) is 11.4 Å². The topological polar surface area (TPSA) is 99.9 Å². The van der Waals surface area contributed by atoms with Crippen LogP contribution in [0, 0.1) is 10.1 Å². The van der Waals surface area contributed by atoms with Gasteiger partial charge in [-0.2, -0.15) is 0 Å². The van der Waals surface area contributed by atoms with Crippen molar-refractivity contribution in [3.8, 4) is 17.2 Å². The summed E-state index contributed by atoms with van der Waals surface area (Å²) in [5, 5.41) is 13.7. The van der Waals surface area contributed by atoms with Gasteiger partial charge in [0.1, 0.15) is 18.0 Å². The summed E-state index contributed by atoms with van der Waals surface area (Å²) in [5.74, 6) is 1.34. The highest BCUT2D eigenvalue weighted by Crippen LogP contribution is 2.42. The highest BCUT2D eigenvalue weighted by molar-refractivity contribution is 6.05. The number of nitro benzene ring substituents is 1. The molecule has 1 N–H and O–H groups in total. The Kier molecular flexibility index (Phi) is 5.91. The first-order valence-corrected chi connectivity index (χ1v) is 10.4. The third-order valence-electron chi connectivity index (χ3n) is 5.31. The zero-order chi connectivity index (χ0) is 23.6. The minimum atomic E-state index is -0.522. The predicted octanol–water partition coefficient (Wildman–Crippen LogP) is 5.15. The Labute approximate surface area is 191 Å². The van der Waals surface area contributed by atoms with Gasteiger partial charge in [-0.3, -0.25) is 14.9 Å². The summed E-state index contributed by atoms with van der Waals surface area (Å²) in [6.07, 6.45) is 0.836. The van der Waals surface area contributed by atoms with Crippen LogP contribution in [0.2, 0.25) is 0 Å². The summed E-state index contributed by atoms with van der Waals surface area (Å²) >= 11 is 0. The van der Waals surface area contributed by atoms with E-state index < -0.39 is 4.92 Å². The van der Waals surface area contributed by atoms with Crippen molar-refractivity contribution < 1.29 is 23.9 Å². The lowest BCUT2D eigenvalue weighted by Gasteiger charge is -2.18. The van der Waals surface area contributed by atoms with E-state index in [1.807, 2.05) is 44.2 Å². The molecule has 0 spiro atoms. The molecule has 170 valence electrons. The number of rotatable bonds is 7. The van der Waals surface area contributed by atoms with Gasteiger partial charge in [0.15, 0.2) is 11.5 Å². The van der Waals surface area contributed by atoms with E-state index in [4.69, 9.17) is 14.2 Å². The quantitative estimate of drug-likeness (QED) is 0.396. The number of fused-ring (bicyclic) bond motifs is 1. The molecule has 0 bridgehead atoms. The molecule has 33 heavy (non-hydrogen) atoms. The van der Waals surface area contributed by atoms with Crippen LogP contribution in [0.3, 0.4) is 0 Å². The second-order valence-electron chi connectivity index (χ2n) is 8.36. The van der Waals surface area contributed by atoms with Crippen LogP contribution in [-0.2, 0) is 13.0 Å². The van der Waals surface area contributed by atoms with E-state index in [2.05, 4.69) is 5.32 Å². The van der Waals surface area contributed by atoms with Gasteiger partial charge in [0, 0.05) is 23.6 Å². The highest BCUT2D eigenvalue weighted by Gasteiger charge is 2.32. The molecule has 0 aliphatic carbocycles. The van der Waals surface area contributed by atoms with Gasteiger partial charge in [0.2, 0.25) is 0 Å².